The molecule has 19 heteroatoms. The van der Waals surface area contributed by atoms with Gasteiger partial charge in [0.1, 0.15) is 6.61 Å². The molecule has 0 aliphatic carbocycles. The highest BCUT2D eigenvalue weighted by molar-refractivity contribution is 7.48. The van der Waals surface area contributed by atoms with E-state index in [2.05, 4.69) is 23.7 Å². The lowest BCUT2D eigenvalue weighted by Gasteiger charge is -2.38. The van der Waals surface area contributed by atoms with E-state index in [1.165, 1.54) is 27.7 Å². The van der Waals surface area contributed by atoms with Crippen LogP contribution in [-0.2, 0) is 47.5 Å². The molecule has 0 fully saturated rings. The fraction of sp³-hybridized carbons (Fsp3) is 0.700. The topological polar surface area (TPSA) is 220 Å². The van der Waals surface area contributed by atoms with Crippen LogP contribution >= 0.6 is 7.82 Å². The Bertz CT molecular complexity index is 1090. The van der Waals surface area contributed by atoms with Gasteiger partial charge in [0, 0.05) is 19.4 Å². The van der Waals surface area contributed by atoms with Gasteiger partial charge in [-0.25, -0.2) is 32.4 Å². The number of carbonyl (C=O) groups is 2. The highest BCUT2D eigenvalue weighted by Crippen LogP contribution is 2.50. The van der Waals surface area contributed by atoms with Crippen LogP contribution in [-0.4, -0.2) is 83.5 Å². The third kappa shape index (κ3) is 10.7. The standard InChI is InChI=1S/C20H32FN2O15P/c1-12(2)37-17(27)32-10-35-39(30,36-11-33-18(28)38-13(3)4)34-9-20(21,31-6)15(25)19(5,29)23-8-7-14(24)22-16(23)26/h7-8,12-13,15,25,29H,9-11H2,1-6H3,(H,22,24,26)/t15-,19+,20+/m0/s1. The van der Waals surface area contributed by atoms with Gasteiger partial charge in [0.2, 0.25) is 13.6 Å². The van der Waals surface area contributed by atoms with Crippen LogP contribution in [0.1, 0.15) is 34.6 Å². The van der Waals surface area contributed by atoms with Gasteiger partial charge in [-0.15, -0.1) is 0 Å². The van der Waals surface area contributed by atoms with Crippen LogP contribution < -0.4 is 11.2 Å². The zero-order chi connectivity index (χ0) is 30.0. The molecule has 0 amide bonds. The number of aliphatic hydroxyl groups excluding tert-OH is 1. The second kappa shape index (κ2) is 14.5. The zero-order valence-electron chi connectivity index (χ0n) is 22.0. The Morgan fingerprint density at radius 1 is 1.05 bits per heavy atom. The molecule has 1 aromatic rings. The summed E-state index contributed by atoms with van der Waals surface area (Å²) in [5.74, 6) is -3.42. The molecule has 0 radical (unpaired) electrons. The van der Waals surface area contributed by atoms with E-state index in [0.29, 0.717) is 4.57 Å². The number of H-pyrrole nitrogens is 1. The minimum Gasteiger partial charge on any atom is -0.432 e. The molecule has 3 atom stereocenters. The Labute approximate surface area is 221 Å². The predicted octanol–water partition coefficient (Wildman–Crippen LogP) is 1.07. The van der Waals surface area contributed by atoms with Crippen LogP contribution in [0, 0.1) is 0 Å². The maximum Gasteiger partial charge on any atom is 0.510 e. The Balaban J connectivity index is 3.07. The van der Waals surface area contributed by atoms with Crippen LogP contribution in [0.25, 0.3) is 0 Å². The number of aromatic amines is 1. The van der Waals surface area contributed by atoms with Gasteiger partial charge < -0.3 is 33.9 Å². The van der Waals surface area contributed by atoms with Crippen LogP contribution in [0.2, 0.25) is 0 Å². The SMILES string of the molecule is CO[C@](F)(COP(=O)(OCOC(=O)OC(C)C)OCOC(=O)OC(C)C)[C@@H](O)[C@@](C)(O)n1ccc(=O)[nH]c1=O. The van der Waals surface area contributed by atoms with Crippen molar-refractivity contribution in [3.63, 3.8) is 0 Å². The van der Waals surface area contributed by atoms with Crippen LogP contribution in [0.3, 0.4) is 0 Å². The van der Waals surface area contributed by atoms with E-state index in [9.17, 15) is 34.0 Å². The van der Waals surface area contributed by atoms with Crippen LogP contribution in [0.15, 0.2) is 21.9 Å². The van der Waals surface area contributed by atoms with Gasteiger partial charge in [0.25, 0.3) is 11.4 Å². The molecule has 0 aliphatic rings. The van der Waals surface area contributed by atoms with Crippen molar-refractivity contribution in [2.45, 2.75) is 64.5 Å². The predicted molar refractivity (Wildman–Crippen MR) is 125 cm³/mol. The second-order valence-corrected chi connectivity index (χ2v) is 9.97. The minimum absolute atomic E-state index is 0.390. The molecule has 0 saturated heterocycles. The van der Waals surface area contributed by atoms with Gasteiger partial charge in [0.15, 0.2) is 11.8 Å². The van der Waals surface area contributed by atoms with Crippen LogP contribution in [0.5, 0.6) is 0 Å². The fourth-order valence-electron chi connectivity index (χ4n) is 2.57. The van der Waals surface area contributed by atoms with Gasteiger partial charge >= 0.3 is 25.8 Å². The van der Waals surface area contributed by atoms with Gasteiger partial charge in [-0.3, -0.25) is 18.9 Å². The Morgan fingerprint density at radius 2 is 1.54 bits per heavy atom. The molecule has 0 unspecified atom stereocenters. The number of aromatic nitrogens is 2. The van der Waals surface area contributed by atoms with Crippen LogP contribution in [0.4, 0.5) is 14.0 Å². The number of carbonyl (C=O) groups excluding carboxylic acids is 2. The molecule has 3 N–H and O–H groups in total. The summed E-state index contributed by atoms with van der Waals surface area (Å²) in [6, 6.07) is 0.816. The number of halogens is 1. The van der Waals surface area contributed by atoms with Gasteiger partial charge in [-0.2, -0.15) is 0 Å². The van der Waals surface area contributed by atoms with E-state index in [0.717, 1.165) is 26.3 Å². The van der Waals surface area contributed by atoms with E-state index < -0.39 is 81.5 Å². The summed E-state index contributed by atoms with van der Waals surface area (Å²) >= 11 is 0. The van der Waals surface area contributed by atoms with Crippen molar-refractivity contribution in [2.75, 3.05) is 27.3 Å². The summed E-state index contributed by atoms with van der Waals surface area (Å²) < 4.78 is 66.5. The molecule has 1 rings (SSSR count). The first-order valence-corrected chi connectivity index (χ1v) is 12.6. The molecule has 0 bridgehead atoms. The highest BCUT2D eigenvalue weighted by atomic mass is 31.2. The van der Waals surface area contributed by atoms with E-state index >= 15 is 4.39 Å². The van der Waals surface area contributed by atoms with Crippen molar-refractivity contribution in [3.05, 3.63) is 33.1 Å². The van der Waals surface area contributed by atoms with Crippen molar-refractivity contribution in [2.24, 2.45) is 0 Å². The lowest BCUT2D eigenvalue weighted by Crippen LogP contribution is -2.59. The van der Waals surface area contributed by atoms with Crippen molar-refractivity contribution in [1.82, 2.24) is 9.55 Å². The summed E-state index contributed by atoms with van der Waals surface area (Å²) in [5, 5.41) is 21.3. The number of aliphatic hydroxyl groups is 2. The van der Waals surface area contributed by atoms with Crippen molar-refractivity contribution in [3.8, 4) is 0 Å². The molecular weight excluding hydrogens is 558 g/mol. The normalized spacial score (nSPS) is 15.8. The number of rotatable bonds is 15. The average Bonchev–Trinajstić information content (AvgIpc) is 2.81. The quantitative estimate of drug-likeness (QED) is 0.148. The monoisotopic (exact) mass is 590 g/mol. The van der Waals surface area contributed by atoms with Gasteiger partial charge in [-0.05, 0) is 34.6 Å². The van der Waals surface area contributed by atoms with Crippen molar-refractivity contribution >= 4 is 20.1 Å². The fourth-order valence-corrected chi connectivity index (χ4v) is 3.49. The maximum absolute atomic E-state index is 15.6. The lowest BCUT2D eigenvalue weighted by atomic mass is 10.0. The third-order valence-electron chi connectivity index (χ3n) is 4.44. The average molecular weight is 590 g/mol. The van der Waals surface area contributed by atoms with E-state index in [1.54, 1.807) is 0 Å². The number of hydrogen-bond donors (Lipinski definition) is 3. The number of hydrogen-bond acceptors (Lipinski definition) is 15. The molecule has 1 aromatic heterocycles. The smallest absolute Gasteiger partial charge is 0.432 e. The number of phosphoric acid groups is 1. The molecule has 0 aromatic carbocycles. The first-order chi connectivity index (χ1) is 18.0. The zero-order valence-corrected chi connectivity index (χ0v) is 22.9. The summed E-state index contributed by atoms with van der Waals surface area (Å²) in [6.07, 6.45) is -5.47. The van der Waals surface area contributed by atoms with Crippen molar-refractivity contribution < 1.29 is 66.0 Å². The Morgan fingerprint density at radius 3 is 1.95 bits per heavy atom. The largest absolute Gasteiger partial charge is 0.510 e. The number of alkyl halides is 1. The molecule has 224 valence electrons. The van der Waals surface area contributed by atoms with Gasteiger partial charge in [0.05, 0.1) is 12.2 Å². The maximum atomic E-state index is 15.6. The Kier molecular flexibility index (Phi) is 12.7. The van der Waals surface area contributed by atoms with Crippen molar-refractivity contribution in [1.29, 1.82) is 0 Å². The molecule has 0 saturated carbocycles. The summed E-state index contributed by atoms with van der Waals surface area (Å²) in [7, 11) is -4.25. The number of ether oxygens (including phenoxy) is 5. The first-order valence-electron chi connectivity index (χ1n) is 11.1. The lowest BCUT2D eigenvalue weighted by molar-refractivity contribution is -0.274. The molecule has 0 spiro atoms. The van der Waals surface area contributed by atoms with E-state index in [1.807, 2.05) is 4.98 Å². The number of methoxy groups -OCH3 is 1. The summed E-state index contributed by atoms with van der Waals surface area (Å²) in [4.78, 5) is 48.2. The van der Waals surface area contributed by atoms with E-state index in [-0.39, 0.29) is 0 Å². The third-order valence-corrected chi connectivity index (χ3v) is 5.72. The first kappa shape index (κ1) is 34.2. The molecule has 0 aliphatic heterocycles. The van der Waals surface area contributed by atoms with Gasteiger partial charge in [-0.1, -0.05) is 0 Å². The molecule has 39 heavy (non-hydrogen) atoms. The molecular formula is C20H32FN2O15P. The number of nitrogens with one attached hydrogen (secondary N) is 1. The Hall–Kier alpha value is -2.86. The number of phosphoric ester groups is 1. The minimum atomic E-state index is -4.98. The summed E-state index contributed by atoms with van der Waals surface area (Å²) in [5.41, 5.74) is -4.81. The highest BCUT2D eigenvalue weighted by Gasteiger charge is 2.52. The molecule has 17 nitrogen and oxygen atoms in total. The second-order valence-electron chi connectivity index (χ2n) is 8.30. The number of nitrogens with zero attached hydrogens (tertiary/aromatic N) is 1. The van der Waals surface area contributed by atoms with E-state index in [4.69, 9.17) is 13.6 Å². The molecule has 1 heterocycles. The summed E-state index contributed by atoms with van der Waals surface area (Å²) in [6.45, 7) is 3.14.